The van der Waals surface area contributed by atoms with Crippen LogP contribution in [0.3, 0.4) is 0 Å². The quantitative estimate of drug-likeness (QED) is 0.716. The molecule has 2 heterocycles. The molecule has 32 heavy (non-hydrogen) atoms. The maximum atomic E-state index is 14.5. The zero-order chi connectivity index (χ0) is 22.8. The molecule has 1 aliphatic carbocycles. The average molecular weight is 445 g/mol. The van der Waals surface area contributed by atoms with E-state index < -0.39 is 11.7 Å². The molecule has 0 atom stereocenters. The van der Waals surface area contributed by atoms with Gasteiger partial charge >= 0.3 is 5.69 Å². The molecule has 2 aromatic rings. The molecule has 0 unspecified atom stereocenters. The van der Waals surface area contributed by atoms with Crippen LogP contribution in [0.1, 0.15) is 68.3 Å². The average Bonchev–Trinajstić information content (AvgIpc) is 3.13. The minimum absolute atomic E-state index is 0.0622. The summed E-state index contributed by atoms with van der Waals surface area (Å²) in [6.07, 6.45) is 7.01. The predicted molar refractivity (Wildman–Crippen MR) is 121 cm³/mol. The van der Waals surface area contributed by atoms with Gasteiger partial charge in [0.25, 0.3) is 5.91 Å². The number of amides is 1. The second-order valence-electron chi connectivity index (χ2n) is 9.33. The summed E-state index contributed by atoms with van der Waals surface area (Å²) in [6, 6.07) is 2.59. The first-order valence-corrected chi connectivity index (χ1v) is 11.8. The Kier molecular flexibility index (Phi) is 6.79. The number of hydrogen-bond donors (Lipinski definition) is 2. The Bertz CT molecular complexity index is 1040. The monoisotopic (exact) mass is 444 g/mol. The zero-order valence-electron chi connectivity index (χ0n) is 19.0. The fraction of sp³-hybridized carbons (Fsp3) is 0.625. The molecular formula is C24H33FN4O3. The fourth-order valence-corrected chi connectivity index (χ4v) is 5.40. The van der Waals surface area contributed by atoms with E-state index in [0.717, 1.165) is 57.5 Å². The molecule has 2 aliphatic rings. The van der Waals surface area contributed by atoms with Crippen molar-refractivity contribution >= 4 is 22.7 Å². The van der Waals surface area contributed by atoms with Crippen molar-refractivity contribution in [2.45, 2.75) is 57.9 Å². The van der Waals surface area contributed by atoms with Gasteiger partial charge in [0.2, 0.25) is 0 Å². The van der Waals surface area contributed by atoms with Gasteiger partial charge in [-0.3, -0.25) is 19.1 Å². The molecule has 4 rings (SSSR count). The molecular weight excluding hydrogens is 411 g/mol. The number of hydrogen-bond acceptors (Lipinski definition) is 4. The number of carbonyl (C=O) groups excluding carboxylic acids is 2. The Morgan fingerprint density at radius 3 is 2.44 bits per heavy atom. The normalized spacial score (nSPS) is 22.8. The van der Waals surface area contributed by atoms with Crippen LogP contribution in [-0.2, 0) is 4.79 Å². The first-order valence-electron chi connectivity index (χ1n) is 11.8. The van der Waals surface area contributed by atoms with Gasteiger partial charge in [-0.15, -0.1) is 0 Å². The Balaban J connectivity index is 1.40. The number of Topliss-reactive ketones (excluding diaryl/α,β-unsaturated/α-hetero) is 1. The minimum Gasteiger partial charge on any atom is -0.355 e. The first kappa shape index (κ1) is 22.7. The number of fused-ring (bicyclic) bond motifs is 1. The van der Waals surface area contributed by atoms with Crippen molar-refractivity contribution in [3.63, 3.8) is 0 Å². The van der Waals surface area contributed by atoms with Crippen LogP contribution in [0, 0.1) is 17.7 Å². The van der Waals surface area contributed by atoms with E-state index in [4.69, 9.17) is 0 Å². The topological polar surface area (TPSA) is 87.2 Å². The number of ketones is 1. The Labute approximate surface area is 187 Å². The Morgan fingerprint density at radius 1 is 1.12 bits per heavy atom. The highest BCUT2D eigenvalue weighted by molar-refractivity contribution is 5.97. The minimum atomic E-state index is -0.648. The van der Waals surface area contributed by atoms with E-state index in [1.54, 1.807) is 4.57 Å². The summed E-state index contributed by atoms with van der Waals surface area (Å²) in [5, 5.41) is 2.41. The zero-order valence-corrected chi connectivity index (χ0v) is 19.0. The number of aromatic nitrogens is 2. The van der Waals surface area contributed by atoms with Crippen LogP contribution in [0.25, 0.3) is 11.0 Å². The van der Waals surface area contributed by atoms with E-state index in [-0.39, 0.29) is 23.2 Å². The standard InChI is InChI=1S/C24H33FN4O3/c1-3-15-4-6-16(7-5-15)22(30)14-28-10-8-17(9-11-28)29-21-13-19(25)18(23(31)26-2)12-20(21)27-24(29)32/h12-13,15-17H,3-11,14H2,1-2H3,(H,26,31)(H,27,32). The fourth-order valence-electron chi connectivity index (χ4n) is 5.40. The van der Waals surface area contributed by atoms with E-state index in [0.29, 0.717) is 23.4 Å². The van der Waals surface area contributed by atoms with E-state index in [1.165, 1.54) is 25.6 Å². The third-order valence-electron chi connectivity index (χ3n) is 7.46. The number of H-pyrrole nitrogens is 1. The number of nitrogens with zero attached hydrogens (tertiary/aromatic N) is 2. The van der Waals surface area contributed by atoms with Crippen LogP contribution in [0.5, 0.6) is 0 Å². The van der Waals surface area contributed by atoms with Crippen LogP contribution < -0.4 is 11.0 Å². The van der Waals surface area contributed by atoms with Crippen LogP contribution in [0.4, 0.5) is 4.39 Å². The van der Waals surface area contributed by atoms with Gasteiger partial charge in [0.15, 0.2) is 0 Å². The highest BCUT2D eigenvalue weighted by atomic mass is 19.1. The Hall–Kier alpha value is -2.48. The maximum absolute atomic E-state index is 14.5. The summed E-state index contributed by atoms with van der Waals surface area (Å²) in [4.78, 5) is 42.2. The largest absolute Gasteiger partial charge is 0.355 e. The smallest absolute Gasteiger partial charge is 0.326 e. The Morgan fingerprint density at radius 2 is 1.81 bits per heavy atom. The van der Waals surface area contributed by atoms with E-state index in [2.05, 4.69) is 22.1 Å². The molecule has 2 fully saturated rings. The van der Waals surface area contributed by atoms with E-state index in [9.17, 15) is 18.8 Å². The third-order valence-corrected chi connectivity index (χ3v) is 7.46. The lowest BCUT2D eigenvalue weighted by molar-refractivity contribution is -0.125. The van der Waals surface area contributed by atoms with Crippen LogP contribution in [0.15, 0.2) is 16.9 Å². The van der Waals surface area contributed by atoms with Gasteiger partial charge in [-0.05, 0) is 50.5 Å². The van der Waals surface area contributed by atoms with Crippen molar-refractivity contribution in [1.29, 1.82) is 0 Å². The molecule has 1 aliphatic heterocycles. The molecule has 7 nitrogen and oxygen atoms in total. The van der Waals surface area contributed by atoms with Gasteiger partial charge in [0, 0.05) is 38.2 Å². The van der Waals surface area contributed by atoms with Gasteiger partial charge in [-0.1, -0.05) is 13.3 Å². The molecule has 174 valence electrons. The first-order chi connectivity index (χ1) is 15.4. The summed E-state index contributed by atoms with van der Waals surface area (Å²) in [5.41, 5.74) is 0.544. The molecule has 0 spiro atoms. The summed E-state index contributed by atoms with van der Waals surface area (Å²) in [5.74, 6) is 0.154. The predicted octanol–water partition coefficient (Wildman–Crippen LogP) is 3.25. The van der Waals surface area contributed by atoms with Gasteiger partial charge in [0.1, 0.15) is 11.6 Å². The highest BCUT2D eigenvalue weighted by Gasteiger charge is 2.29. The summed E-state index contributed by atoms with van der Waals surface area (Å²) in [7, 11) is 1.44. The molecule has 0 bridgehead atoms. The van der Waals surface area contributed by atoms with Gasteiger partial charge in [-0.2, -0.15) is 0 Å². The second kappa shape index (κ2) is 9.57. The van der Waals surface area contributed by atoms with Gasteiger partial charge in [0.05, 0.1) is 23.1 Å². The molecule has 0 radical (unpaired) electrons. The van der Waals surface area contributed by atoms with Crippen molar-refractivity contribution in [2.75, 3.05) is 26.7 Å². The van der Waals surface area contributed by atoms with Crippen molar-refractivity contribution in [2.24, 2.45) is 11.8 Å². The SMILES string of the molecule is CCC1CCC(C(=O)CN2CCC(n3c(=O)[nH]c4cc(C(=O)NC)c(F)cc43)CC2)CC1. The molecule has 1 amide bonds. The molecule has 1 saturated heterocycles. The van der Waals surface area contributed by atoms with Crippen molar-refractivity contribution in [3.05, 3.63) is 34.0 Å². The molecule has 8 heteroatoms. The summed E-state index contributed by atoms with van der Waals surface area (Å²) >= 11 is 0. The number of likely N-dealkylation sites (tertiary alicyclic amines) is 1. The molecule has 1 aromatic heterocycles. The number of aromatic amines is 1. The van der Waals surface area contributed by atoms with Crippen LogP contribution in [0.2, 0.25) is 0 Å². The second-order valence-corrected chi connectivity index (χ2v) is 9.33. The lowest BCUT2D eigenvalue weighted by Gasteiger charge is -2.34. The lowest BCUT2D eigenvalue weighted by atomic mass is 9.79. The molecule has 1 aromatic carbocycles. The van der Waals surface area contributed by atoms with Crippen LogP contribution in [-0.4, -0.2) is 52.8 Å². The number of benzene rings is 1. The number of imidazole rings is 1. The van der Waals surface area contributed by atoms with Crippen molar-refractivity contribution in [3.8, 4) is 0 Å². The number of nitrogens with one attached hydrogen (secondary N) is 2. The number of carbonyl (C=O) groups is 2. The van der Waals surface area contributed by atoms with E-state index in [1.807, 2.05) is 0 Å². The van der Waals surface area contributed by atoms with Gasteiger partial charge < -0.3 is 10.3 Å². The number of piperidine rings is 1. The van der Waals surface area contributed by atoms with Crippen LogP contribution >= 0.6 is 0 Å². The molecule has 1 saturated carbocycles. The van der Waals surface area contributed by atoms with Crippen molar-refractivity contribution in [1.82, 2.24) is 19.8 Å². The summed E-state index contributed by atoms with van der Waals surface area (Å²) < 4.78 is 16.1. The molecule has 2 N–H and O–H groups in total. The van der Waals surface area contributed by atoms with E-state index >= 15 is 0 Å². The third kappa shape index (κ3) is 4.51. The number of halogens is 1. The highest BCUT2D eigenvalue weighted by Crippen LogP contribution is 2.32. The number of rotatable bonds is 6. The van der Waals surface area contributed by atoms with Gasteiger partial charge in [-0.25, -0.2) is 9.18 Å². The lowest BCUT2D eigenvalue weighted by Crippen LogP contribution is -2.41. The van der Waals surface area contributed by atoms with Crippen molar-refractivity contribution < 1.29 is 14.0 Å². The summed E-state index contributed by atoms with van der Waals surface area (Å²) in [6.45, 7) is 4.18. The maximum Gasteiger partial charge on any atom is 0.326 e.